The number of hydrogen-bond acceptors (Lipinski definition) is 7. The molecule has 202 valence electrons. The number of fused-ring (bicyclic) bond motifs is 3. The molecule has 0 saturated carbocycles. The number of amides is 2. The minimum absolute atomic E-state index is 0.00221. The molecule has 1 aliphatic carbocycles. The Labute approximate surface area is 232 Å². The fourth-order valence-electron chi connectivity index (χ4n) is 5.28. The molecule has 11 heteroatoms. The van der Waals surface area contributed by atoms with Crippen LogP contribution in [0.25, 0.3) is 21.5 Å². The monoisotopic (exact) mass is 556 g/mol. The molecule has 3 aromatic heterocycles. The SMILES string of the molecule is C=C(O)c1ccc2c(c1C)CC[C@@H]2NC(=O)c1cc(C(=O)NCc2ccc3snc(C)c3c2)nc2c(F)cnn12. The molecule has 3 heterocycles. The zero-order valence-electron chi connectivity index (χ0n) is 21.8. The first-order chi connectivity index (χ1) is 19.2. The second-order valence-corrected chi connectivity index (χ2v) is 10.7. The maximum absolute atomic E-state index is 14.5. The van der Waals surface area contributed by atoms with E-state index in [0.29, 0.717) is 12.0 Å². The number of halogens is 1. The highest BCUT2D eigenvalue weighted by Crippen LogP contribution is 2.36. The van der Waals surface area contributed by atoms with E-state index in [1.165, 1.54) is 17.6 Å². The summed E-state index contributed by atoms with van der Waals surface area (Å²) in [4.78, 5) is 30.7. The van der Waals surface area contributed by atoms with Crippen LogP contribution in [0.5, 0.6) is 0 Å². The van der Waals surface area contributed by atoms with E-state index in [1.54, 1.807) is 6.07 Å². The van der Waals surface area contributed by atoms with Gasteiger partial charge in [0.05, 0.1) is 22.6 Å². The summed E-state index contributed by atoms with van der Waals surface area (Å²) in [6.07, 6.45) is 2.34. The lowest BCUT2D eigenvalue weighted by Gasteiger charge is -2.16. The Morgan fingerprint density at radius 2 is 2.02 bits per heavy atom. The van der Waals surface area contributed by atoms with Gasteiger partial charge in [-0.05, 0) is 72.6 Å². The van der Waals surface area contributed by atoms with Gasteiger partial charge in [-0.1, -0.05) is 24.8 Å². The van der Waals surface area contributed by atoms with Gasteiger partial charge in [0.2, 0.25) is 0 Å². The molecule has 0 saturated heterocycles. The number of aliphatic hydroxyl groups excluding tert-OH is 1. The Balaban J connectivity index is 1.25. The van der Waals surface area contributed by atoms with Gasteiger partial charge in [0.25, 0.3) is 11.8 Å². The van der Waals surface area contributed by atoms with E-state index >= 15 is 0 Å². The summed E-state index contributed by atoms with van der Waals surface area (Å²) in [5, 5.41) is 20.7. The highest BCUT2D eigenvalue weighted by Gasteiger charge is 2.28. The largest absolute Gasteiger partial charge is 0.508 e. The second-order valence-electron chi connectivity index (χ2n) is 9.85. The van der Waals surface area contributed by atoms with E-state index in [1.807, 2.05) is 38.1 Å². The summed E-state index contributed by atoms with van der Waals surface area (Å²) in [5.74, 6) is -1.80. The van der Waals surface area contributed by atoms with E-state index in [0.717, 1.165) is 55.2 Å². The number of hydrogen-bond donors (Lipinski definition) is 3. The number of carbonyl (C=O) groups excluding carboxylic acids is 2. The summed E-state index contributed by atoms with van der Waals surface area (Å²) >= 11 is 1.42. The molecule has 0 spiro atoms. The van der Waals surface area contributed by atoms with Gasteiger partial charge in [0.15, 0.2) is 11.5 Å². The van der Waals surface area contributed by atoms with Gasteiger partial charge in [0.1, 0.15) is 17.1 Å². The lowest BCUT2D eigenvalue weighted by molar-refractivity contribution is 0.0929. The summed E-state index contributed by atoms with van der Waals surface area (Å²) in [7, 11) is 0. The van der Waals surface area contributed by atoms with E-state index in [-0.39, 0.29) is 35.4 Å². The number of aromatic nitrogens is 4. The minimum atomic E-state index is -0.742. The van der Waals surface area contributed by atoms with E-state index in [9.17, 15) is 19.1 Å². The van der Waals surface area contributed by atoms with Gasteiger partial charge in [-0.15, -0.1) is 0 Å². The van der Waals surface area contributed by atoms with Crippen molar-refractivity contribution in [1.82, 2.24) is 29.6 Å². The first kappa shape index (κ1) is 25.6. The number of nitrogens with one attached hydrogen (secondary N) is 2. The van der Waals surface area contributed by atoms with E-state index < -0.39 is 17.6 Å². The van der Waals surface area contributed by atoms with E-state index in [2.05, 4.69) is 31.7 Å². The highest BCUT2D eigenvalue weighted by molar-refractivity contribution is 7.13. The first-order valence-corrected chi connectivity index (χ1v) is 13.5. The number of nitrogens with zero attached hydrogens (tertiary/aromatic N) is 4. The molecule has 5 aromatic rings. The molecule has 0 fully saturated rings. The van der Waals surface area contributed by atoms with Crippen LogP contribution in [0, 0.1) is 19.7 Å². The molecule has 1 atom stereocenters. The minimum Gasteiger partial charge on any atom is -0.508 e. The smallest absolute Gasteiger partial charge is 0.270 e. The number of aryl methyl sites for hydroxylation is 1. The van der Waals surface area contributed by atoms with Crippen molar-refractivity contribution in [2.45, 2.75) is 39.3 Å². The quantitative estimate of drug-likeness (QED) is 0.254. The number of carbonyl (C=O) groups is 2. The predicted octanol–water partition coefficient (Wildman–Crippen LogP) is 4.97. The van der Waals surface area contributed by atoms with Gasteiger partial charge in [-0.3, -0.25) is 9.59 Å². The van der Waals surface area contributed by atoms with Crippen LogP contribution in [0.3, 0.4) is 0 Å². The number of benzene rings is 2. The normalized spacial score (nSPS) is 14.4. The molecule has 40 heavy (non-hydrogen) atoms. The van der Waals surface area contributed by atoms with Crippen LogP contribution in [0.15, 0.2) is 49.2 Å². The molecular formula is C29H25FN6O3S. The van der Waals surface area contributed by atoms with Crippen molar-refractivity contribution < 1.29 is 19.1 Å². The molecule has 0 aliphatic heterocycles. The molecule has 0 radical (unpaired) electrons. The van der Waals surface area contributed by atoms with Crippen LogP contribution in [-0.4, -0.2) is 35.9 Å². The third kappa shape index (κ3) is 4.37. The van der Waals surface area contributed by atoms with Crippen molar-refractivity contribution in [1.29, 1.82) is 0 Å². The average molecular weight is 557 g/mol. The highest BCUT2D eigenvalue weighted by atomic mass is 32.1. The van der Waals surface area contributed by atoms with Crippen molar-refractivity contribution in [3.63, 3.8) is 0 Å². The Kier molecular flexibility index (Phi) is 6.30. The summed E-state index contributed by atoms with van der Waals surface area (Å²) in [6.45, 7) is 7.69. The van der Waals surface area contributed by atoms with Crippen LogP contribution in [0.4, 0.5) is 4.39 Å². The van der Waals surface area contributed by atoms with Crippen LogP contribution in [0.1, 0.15) is 67.0 Å². The van der Waals surface area contributed by atoms with Crippen LogP contribution in [0.2, 0.25) is 0 Å². The van der Waals surface area contributed by atoms with Crippen molar-refractivity contribution in [3.05, 3.63) is 99.9 Å². The van der Waals surface area contributed by atoms with Crippen LogP contribution in [-0.2, 0) is 13.0 Å². The van der Waals surface area contributed by atoms with Gasteiger partial charge in [-0.2, -0.15) is 9.47 Å². The Morgan fingerprint density at radius 1 is 1.20 bits per heavy atom. The molecule has 0 unspecified atom stereocenters. The fraction of sp³-hybridized carbons (Fsp3) is 0.207. The Morgan fingerprint density at radius 3 is 2.83 bits per heavy atom. The second kappa shape index (κ2) is 9.83. The summed E-state index contributed by atoms with van der Waals surface area (Å²) < 4.78 is 21.1. The molecule has 9 nitrogen and oxygen atoms in total. The van der Waals surface area contributed by atoms with Crippen LogP contribution < -0.4 is 10.6 Å². The average Bonchev–Trinajstić information content (AvgIpc) is 3.64. The van der Waals surface area contributed by atoms with Crippen LogP contribution >= 0.6 is 11.5 Å². The van der Waals surface area contributed by atoms with Crippen molar-refractivity contribution in [2.75, 3.05) is 0 Å². The Hall–Kier alpha value is -4.64. The predicted molar refractivity (Wildman–Crippen MR) is 150 cm³/mol. The van der Waals surface area contributed by atoms with Crippen molar-refractivity contribution >= 4 is 44.8 Å². The molecule has 1 aliphatic rings. The van der Waals surface area contributed by atoms with E-state index in [4.69, 9.17) is 0 Å². The number of rotatable bonds is 6. The third-order valence-electron chi connectivity index (χ3n) is 7.37. The van der Waals surface area contributed by atoms with Crippen molar-refractivity contribution in [3.8, 4) is 0 Å². The third-order valence-corrected chi connectivity index (χ3v) is 8.29. The van der Waals surface area contributed by atoms with Gasteiger partial charge < -0.3 is 15.7 Å². The zero-order chi connectivity index (χ0) is 28.1. The summed E-state index contributed by atoms with van der Waals surface area (Å²) in [6, 6.07) is 10.5. The topological polar surface area (TPSA) is 122 Å². The molecule has 6 rings (SSSR count). The standard InChI is InChI=1S/C29H25FN6O3S/c1-14-18(16(3)37)5-6-20-19(14)7-8-23(20)34-29(39)25-11-24(33-27-22(30)13-32-36(25)27)28(38)31-12-17-4-9-26-21(10-17)15(2)35-40-26/h4-6,9-11,13,23,37H,3,7-8,12H2,1-2H3,(H,31,38)(H,34,39)/t23-/m0/s1. The molecule has 2 amide bonds. The first-order valence-electron chi connectivity index (χ1n) is 12.7. The maximum atomic E-state index is 14.5. The van der Waals surface area contributed by atoms with Gasteiger partial charge in [0, 0.05) is 23.6 Å². The number of aliphatic hydroxyl groups is 1. The molecule has 2 aromatic carbocycles. The lowest BCUT2D eigenvalue weighted by atomic mass is 9.97. The zero-order valence-corrected chi connectivity index (χ0v) is 22.6. The molecule has 0 bridgehead atoms. The van der Waals surface area contributed by atoms with Gasteiger partial charge >= 0.3 is 0 Å². The van der Waals surface area contributed by atoms with Crippen molar-refractivity contribution in [2.24, 2.45) is 0 Å². The van der Waals surface area contributed by atoms with Gasteiger partial charge in [-0.25, -0.2) is 13.9 Å². The fourth-order valence-corrected chi connectivity index (χ4v) is 6.05. The molecule has 3 N–H and O–H groups in total. The maximum Gasteiger partial charge on any atom is 0.270 e. The molecular weight excluding hydrogens is 531 g/mol. The lowest BCUT2D eigenvalue weighted by Crippen LogP contribution is -2.30. The Bertz CT molecular complexity index is 1860. The summed E-state index contributed by atoms with van der Waals surface area (Å²) in [5.41, 5.74) is 5.07.